The number of piperazine rings is 1. The fraction of sp³-hybridized carbons (Fsp3) is 0.900. The van der Waals surface area contributed by atoms with Crippen molar-refractivity contribution in [3.63, 3.8) is 0 Å². The van der Waals surface area contributed by atoms with Gasteiger partial charge in [0, 0.05) is 26.2 Å². The zero-order valence-electron chi connectivity index (χ0n) is 11.8. The van der Waals surface area contributed by atoms with E-state index in [2.05, 4.69) is 45.4 Å². The number of carbonyl (C=O) groups is 1. The summed E-state index contributed by atoms with van der Waals surface area (Å²) in [6, 6.07) is 0. The average Bonchev–Trinajstić information content (AvgIpc) is 2.47. The first-order valence-electron chi connectivity index (χ1n) is 6.17. The van der Waals surface area contributed by atoms with Crippen LogP contribution in [0.4, 0.5) is 35.1 Å². The zero-order chi connectivity index (χ0) is 20.3. The largest absolute Gasteiger partial charge is 0.477 e. The summed E-state index contributed by atoms with van der Waals surface area (Å²) in [4.78, 5) is 9.90. The van der Waals surface area contributed by atoms with Gasteiger partial charge in [-0.05, 0) is 11.6 Å². The van der Waals surface area contributed by atoms with Gasteiger partial charge in [0.15, 0.2) is 0 Å². The summed E-state index contributed by atoms with van der Waals surface area (Å²) in [5.41, 5.74) is 0. The fourth-order valence-electron chi connectivity index (χ4n) is 1.31. The molecule has 0 radical (unpaired) electrons. The Balaban J connectivity index is 0.000000796. The lowest BCUT2D eigenvalue weighted by molar-refractivity contribution is -0.265. The Kier molecular flexibility index (Phi) is 8.06. The van der Waals surface area contributed by atoms with E-state index in [1.807, 2.05) is 0 Å². The number of hydrogen-bond donors (Lipinski definition) is 3. The maximum Gasteiger partial charge on any atom is 0.395 e. The van der Waals surface area contributed by atoms with Gasteiger partial charge >= 0.3 is 33.5 Å². The second-order valence-corrected chi connectivity index (χ2v) is 6.12. The van der Waals surface area contributed by atoms with Gasteiger partial charge in [-0.2, -0.15) is 26.3 Å². The molecular weight excluding hydrogens is 438 g/mol. The molecule has 4 nitrogen and oxygen atoms in total. The molecule has 150 valence electrons. The standard InChI is InChI=1S/C6HCl3F8O2.C4H10N2/c7-3(12,2(10,11)1(18)19)5(14,15)4(8,13)6(9,16)17;1-2-6-4-3-5-1/h(H,18,19);5-6H,1-4H2. The number of nitrogens with one attached hydrogen (secondary N) is 2. The first-order chi connectivity index (χ1) is 10.9. The molecule has 0 aromatic rings. The first-order valence-corrected chi connectivity index (χ1v) is 7.30. The molecule has 0 aliphatic carbocycles. The Bertz CT molecular complexity index is 458. The van der Waals surface area contributed by atoms with Crippen LogP contribution in [0.1, 0.15) is 0 Å². The number of carboxylic acids is 1. The van der Waals surface area contributed by atoms with Crippen molar-refractivity contribution in [3.05, 3.63) is 0 Å². The number of halogens is 11. The molecule has 1 aliphatic heterocycles. The molecule has 1 aliphatic rings. The lowest BCUT2D eigenvalue weighted by atomic mass is 10.0. The number of rotatable bonds is 5. The summed E-state index contributed by atoms with van der Waals surface area (Å²) in [5.74, 6) is -16.3. The van der Waals surface area contributed by atoms with E-state index in [-0.39, 0.29) is 0 Å². The van der Waals surface area contributed by atoms with Crippen LogP contribution in [0, 0.1) is 0 Å². The molecule has 0 aromatic carbocycles. The SMILES string of the molecule is C1CNCCN1.O=C(O)C(F)(F)C(F)(Cl)C(F)(F)C(F)(Cl)C(F)(F)Cl. The number of carboxylic acid groups (broad SMARTS) is 1. The van der Waals surface area contributed by atoms with Gasteiger partial charge in [0.25, 0.3) is 0 Å². The Morgan fingerprint density at radius 3 is 1.28 bits per heavy atom. The van der Waals surface area contributed by atoms with Crippen LogP contribution in [0.15, 0.2) is 0 Å². The Hall–Kier alpha value is -0.300. The van der Waals surface area contributed by atoms with E-state index < -0.39 is 33.5 Å². The van der Waals surface area contributed by atoms with E-state index >= 15 is 0 Å². The van der Waals surface area contributed by atoms with E-state index in [0.29, 0.717) is 0 Å². The topological polar surface area (TPSA) is 61.4 Å². The molecule has 2 unspecified atom stereocenters. The van der Waals surface area contributed by atoms with Crippen molar-refractivity contribution >= 4 is 40.8 Å². The molecule has 1 saturated heterocycles. The minimum atomic E-state index is -6.57. The van der Waals surface area contributed by atoms with Crippen LogP contribution >= 0.6 is 34.8 Å². The first kappa shape index (κ1) is 24.7. The number of hydrogen-bond acceptors (Lipinski definition) is 3. The highest BCUT2D eigenvalue weighted by atomic mass is 35.5. The Morgan fingerprint density at radius 1 is 0.760 bits per heavy atom. The Morgan fingerprint density at radius 2 is 1.08 bits per heavy atom. The Labute approximate surface area is 150 Å². The van der Waals surface area contributed by atoms with Gasteiger partial charge in [-0.15, -0.1) is 0 Å². The molecular formula is C10H11Cl3F8N2O2. The predicted octanol–water partition coefficient (Wildman–Crippen LogP) is 3.16. The molecule has 3 N–H and O–H groups in total. The molecule has 2 atom stereocenters. The highest BCUT2D eigenvalue weighted by Gasteiger charge is 2.85. The highest BCUT2D eigenvalue weighted by Crippen LogP contribution is 2.59. The van der Waals surface area contributed by atoms with E-state index in [0.717, 1.165) is 26.2 Å². The lowest BCUT2D eigenvalue weighted by Crippen LogP contribution is -2.66. The average molecular weight is 450 g/mol. The van der Waals surface area contributed by atoms with Gasteiger partial charge < -0.3 is 15.7 Å². The molecule has 1 rings (SSSR count). The minimum Gasteiger partial charge on any atom is -0.477 e. The molecule has 0 aromatic heterocycles. The third-order valence-electron chi connectivity index (χ3n) is 2.76. The van der Waals surface area contributed by atoms with Gasteiger partial charge in [-0.25, -0.2) is 13.6 Å². The molecule has 0 bridgehead atoms. The molecule has 0 amide bonds. The molecule has 1 fully saturated rings. The van der Waals surface area contributed by atoms with Crippen molar-refractivity contribution in [1.82, 2.24) is 10.6 Å². The van der Waals surface area contributed by atoms with Crippen molar-refractivity contribution in [1.29, 1.82) is 0 Å². The van der Waals surface area contributed by atoms with Crippen LogP contribution < -0.4 is 10.6 Å². The predicted molar refractivity (Wildman–Crippen MR) is 73.5 cm³/mol. The quantitative estimate of drug-likeness (QED) is 0.446. The second-order valence-electron chi connectivity index (χ2n) is 4.60. The van der Waals surface area contributed by atoms with E-state index in [1.54, 1.807) is 0 Å². The zero-order valence-corrected chi connectivity index (χ0v) is 14.1. The maximum absolute atomic E-state index is 13.1. The summed E-state index contributed by atoms with van der Waals surface area (Å²) in [5, 5.41) is -3.51. The monoisotopic (exact) mass is 448 g/mol. The van der Waals surface area contributed by atoms with Crippen molar-refractivity contribution in [3.8, 4) is 0 Å². The lowest BCUT2D eigenvalue weighted by Gasteiger charge is -2.38. The molecule has 0 spiro atoms. The summed E-state index contributed by atoms with van der Waals surface area (Å²) >= 11 is 11.7. The minimum absolute atomic E-state index is 1.14. The van der Waals surface area contributed by atoms with Crippen LogP contribution in [0.2, 0.25) is 0 Å². The van der Waals surface area contributed by atoms with E-state index in [4.69, 9.17) is 5.11 Å². The smallest absolute Gasteiger partial charge is 0.395 e. The summed E-state index contributed by atoms with van der Waals surface area (Å²) < 4.78 is 102. The number of alkyl halides is 11. The summed E-state index contributed by atoms with van der Waals surface area (Å²) in [6.07, 6.45) is 0. The third kappa shape index (κ3) is 4.90. The van der Waals surface area contributed by atoms with Gasteiger partial charge in [-0.3, -0.25) is 0 Å². The van der Waals surface area contributed by atoms with Crippen LogP contribution in [0.25, 0.3) is 0 Å². The van der Waals surface area contributed by atoms with Crippen LogP contribution in [-0.2, 0) is 4.79 Å². The third-order valence-corrected chi connectivity index (χ3v) is 4.07. The maximum atomic E-state index is 13.1. The highest BCUT2D eigenvalue weighted by molar-refractivity contribution is 6.34. The van der Waals surface area contributed by atoms with Gasteiger partial charge in [0.1, 0.15) is 0 Å². The van der Waals surface area contributed by atoms with Crippen molar-refractivity contribution in [2.24, 2.45) is 0 Å². The summed E-state index contributed by atoms with van der Waals surface area (Å²) in [6.45, 7) is 4.56. The normalized spacial score (nSPS) is 21.4. The van der Waals surface area contributed by atoms with Crippen LogP contribution in [0.3, 0.4) is 0 Å². The number of aliphatic carboxylic acids is 1. The van der Waals surface area contributed by atoms with Gasteiger partial charge in [0.2, 0.25) is 0 Å². The van der Waals surface area contributed by atoms with Gasteiger partial charge in [0.05, 0.1) is 0 Å². The molecule has 1 heterocycles. The van der Waals surface area contributed by atoms with Crippen molar-refractivity contribution in [2.75, 3.05) is 26.2 Å². The van der Waals surface area contributed by atoms with Crippen LogP contribution in [-0.4, -0.2) is 64.7 Å². The van der Waals surface area contributed by atoms with Gasteiger partial charge in [-0.1, -0.05) is 23.2 Å². The van der Waals surface area contributed by atoms with E-state index in [9.17, 15) is 39.9 Å². The second kappa shape index (κ2) is 8.15. The molecule has 0 saturated carbocycles. The van der Waals surface area contributed by atoms with Crippen molar-refractivity contribution < 1.29 is 45.0 Å². The van der Waals surface area contributed by atoms with Crippen LogP contribution in [0.5, 0.6) is 0 Å². The van der Waals surface area contributed by atoms with E-state index in [1.165, 1.54) is 0 Å². The summed E-state index contributed by atoms with van der Waals surface area (Å²) in [7, 11) is 0. The molecule has 15 heteroatoms. The molecule has 25 heavy (non-hydrogen) atoms. The van der Waals surface area contributed by atoms with Crippen molar-refractivity contribution in [2.45, 2.75) is 27.5 Å². The fourth-order valence-corrected chi connectivity index (χ4v) is 1.82.